The van der Waals surface area contributed by atoms with Crippen LogP contribution in [0.4, 0.5) is 0 Å². The third-order valence-electron chi connectivity index (χ3n) is 2.82. The van der Waals surface area contributed by atoms with Gasteiger partial charge in [-0.3, -0.25) is 4.57 Å². The van der Waals surface area contributed by atoms with Gasteiger partial charge in [0, 0.05) is 0 Å². The number of hydrogen-bond acceptors (Lipinski definition) is 4. The quantitative estimate of drug-likeness (QED) is 0.549. The standard InChI is InChI=1S/C13H11ClN4S/c1-19-13-17-10-11(14)15-8-16-12(10)18(13)7-9-5-3-2-4-6-9/h2-6,8H,7H2,1H3. The van der Waals surface area contributed by atoms with Crippen LogP contribution < -0.4 is 0 Å². The van der Waals surface area contributed by atoms with Crippen molar-refractivity contribution in [2.75, 3.05) is 6.26 Å². The number of aromatic nitrogens is 4. The highest BCUT2D eigenvalue weighted by molar-refractivity contribution is 7.98. The molecule has 2 aromatic heterocycles. The number of rotatable bonds is 3. The van der Waals surface area contributed by atoms with Gasteiger partial charge >= 0.3 is 0 Å². The van der Waals surface area contributed by atoms with Gasteiger partial charge < -0.3 is 0 Å². The van der Waals surface area contributed by atoms with Crippen molar-refractivity contribution >= 4 is 34.5 Å². The SMILES string of the molecule is CSc1nc2c(Cl)ncnc2n1Cc1ccccc1. The van der Waals surface area contributed by atoms with Crippen molar-refractivity contribution in [3.8, 4) is 0 Å². The normalized spacial score (nSPS) is 11.1. The molecule has 3 aromatic rings. The minimum absolute atomic E-state index is 0.395. The maximum atomic E-state index is 6.07. The molecule has 0 N–H and O–H groups in total. The van der Waals surface area contributed by atoms with Crippen molar-refractivity contribution in [1.82, 2.24) is 19.5 Å². The molecule has 19 heavy (non-hydrogen) atoms. The number of nitrogens with zero attached hydrogens (tertiary/aromatic N) is 4. The molecule has 0 spiro atoms. The molecule has 0 fully saturated rings. The lowest BCUT2D eigenvalue weighted by atomic mass is 10.2. The van der Waals surface area contributed by atoms with E-state index >= 15 is 0 Å². The molecule has 0 saturated heterocycles. The molecular formula is C13H11ClN4S. The second kappa shape index (κ2) is 5.19. The molecule has 0 aliphatic rings. The van der Waals surface area contributed by atoms with Crippen LogP contribution in [0.1, 0.15) is 5.56 Å². The summed E-state index contributed by atoms with van der Waals surface area (Å²) in [5.74, 6) is 0. The van der Waals surface area contributed by atoms with E-state index in [1.165, 1.54) is 11.9 Å². The first-order valence-electron chi connectivity index (χ1n) is 5.74. The Kier molecular flexibility index (Phi) is 3.40. The largest absolute Gasteiger partial charge is 0.299 e. The molecule has 0 radical (unpaired) electrons. The molecule has 96 valence electrons. The number of benzene rings is 1. The fraction of sp³-hybridized carbons (Fsp3) is 0.154. The number of thioether (sulfide) groups is 1. The predicted molar refractivity (Wildman–Crippen MR) is 77.7 cm³/mol. The fourth-order valence-corrected chi connectivity index (χ4v) is 2.68. The molecule has 0 atom stereocenters. The summed E-state index contributed by atoms with van der Waals surface area (Å²) in [6, 6.07) is 10.2. The number of fused-ring (bicyclic) bond motifs is 1. The Morgan fingerprint density at radius 2 is 2.00 bits per heavy atom. The van der Waals surface area contributed by atoms with Crippen molar-refractivity contribution in [2.45, 2.75) is 11.7 Å². The van der Waals surface area contributed by atoms with Crippen molar-refractivity contribution in [3.63, 3.8) is 0 Å². The van der Waals surface area contributed by atoms with E-state index < -0.39 is 0 Å². The van der Waals surface area contributed by atoms with Gasteiger partial charge in [0.1, 0.15) is 11.8 Å². The second-order valence-electron chi connectivity index (χ2n) is 4.01. The van der Waals surface area contributed by atoms with Crippen LogP contribution in [0.25, 0.3) is 11.2 Å². The summed E-state index contributed by atoms with van der Waals surface area (Å²) in [5, 5.41) is 1.29. The molecule has 4 nitrogen and oxygen atoms in total. The Balaban J connectivity index is 2.14. The zero-order valence-electron chi connectivity index (χ0n) is 10.2. The summed E-state index contributed by atoms with van der Waals surface area (Å²) in [4.78, 5) is 12.8. The molecule has 0 saturated carbocycles. The van der Waals surface area contributed by atoms with Crippen LogP contribution in [0.2, 0.25) is 5.15 Å². The van der Waals surface area contributed by atoms with E-state index in [0.29, 0.717) is 10.7 Å². The van der Waals surface area contributed by atoms with Crippen LogP contribution >= 0.6 is 23.4 Å². The molecule has 0 unspecified atom stereocenters. The first-order valence-corrected chi connectivity index (χ1v) is 7.34. The van der Waals surface area contributed by atoms with Crippen LogP contribution in [-0.2, 0) is 6.54 Å². The number of imidazole rings is 1. The Hall–Kier alpha value is -1.59. The summed E-state index contributed by atoms with van der Waals surface area (Å²) in [6.45, 7) is 0.723. The molecule has 6 heteroatoms. The summed E-state index contributed by atoms with van der Waals surface area (Å²) in [7, 11) is 0. The average molecular weight is 291 g/mol. The lowest BCUT2D eigenvalue weighted by molar-refractivity contribution is 0.724. The van der Waals surface area contributed by atoms with Gasteiger partial charge in [-0.15, -0.1) is 0 Å². The van der Waals surface area contributed by atoms with Crippen LogP contribution in [-0.4, -0.2) is 25.8 Å². The Bertz CT molecular complexity index is 711. The fourth-order valence-electron chi connectivity index (χ4n) is 1.95. The molecular weight excluding hydrogens is 280 g/mol. The third kappa shape index (κ3) is 2.31. The minimum Gasteiger partial charge on any atom is -0.299 e. The van der Waals surface area contributed by atoms with Gasteiger partial charge in [0.05, 0.1) is 6.54 Å². The van der Waals surface area contributed by atoms with E-state index in [1.807, 2.05) is 24.5 Å². The van der Waals surface area contributed by atoms with Gasteiger partial charge in [-0.2, -0.15) is 0 Å². The summed E-state index contributed by atoms with van der Waals surface area (Å²) in [5.41, 5.74) is 2.63. The van der Waals surface area contributed by atoms with Gasteiger partial charge in [0.15, 0.2) is 16.0 Å². The second-order valence-corrected chi connectivity index (χ2v) is 5.14. The Morgan fingerprint density at radius 3 is 2.74 bits per heavy atom. The van der Waals surface area contributed by atoms with Crippen molar-refractivity contribution in [1.29, 1.82) is 0 Å². The van der Waals surface area contributed by atoms with Crippen molar-refractivity contribution < 1.29 is 0 Å². The lowest BCUT2D eigenvalue weighted by Crippen LogP contribution is -2.02. The zero-order chi connectivity index (χ0) is 13.2. The molecule has 0 amide bonds. The van der Waals surface area contributed by atoms with Crippen LogP contribution in [0, 0.1) is 0 Å². The van der Waals surface area contributed by atoms with E-state index in [4.69, 9.17) is 11.6 Å². The third-order valence-corrected chi connectivity index (χ3v) is 3.77. The van der Waals surface area contributed by atoms with Gasteiger partial charge in [-0.1, -0.05) is 53.7 Å². The first-order chi connectivity index (χ1) is 9.29. The van der Waals surface area contributed by atoms with E-state index in [-0.39, 0.29) is 0 Å². The predicted octanol–water partition coefficient (Wildman–Crippen LogP) is 3.25. The summed E-state index contributed by atoms with van der Waals surface area (Å²) in [6.07, 6.45) is 3.46. The molecule has 0 aliphatic carbocycles. The maximum Gasteiger partial charge on any atom is 0.170 e. The molecule has 0 bridgehead atoms. The highest BCUT2D eigenvalue weighted by Gasteiger charge is 2.14. The maximum absolute atomic E-state index is 6.07. The van der Waals surface area contributed by atoms with Crippen molar-refractivity contribution in [3.05, 3.63) is 47.4 Å². The zero-order valence-corrected chi connectivity index (χ0v) is 11.8. The number of halogens is 1. The average Bonchev–Trinajstić information content (AvgIpc) is 2.80. The van der Waals surface area contributed by atoms with E-state index in [0.717, 1.165) is 17.3 Å². The van der Waals surface area contributed by atoms with Crippen LogP contribution in [0.5, 0.6) is 0 Å². The van der Waals surface area contributed by atoms with E-state index in [9.17, 15) is 0 Å². The Labute approximate surface area is 119 Å². The first kappa shape index (κ1) is 12.4. The summed E-state index contributed by atoms with van der Waals surface area (Å²) >= 11 is 7.64. The van der Waals surface area contributed by atoms with Gasteiger partial charge in [0.25, 0.3) is 0 Å². The van der Waals surface area contributed by atoms with Gasteiger partial charge in [-0.05, 0) is 11.8 Å². The number of hydrogen-bond donors (Lipinski definition) is 0. The smallest absolute Gasteiger partial charge is 0.170 e. The monoisotopic (exact) mass is 290 g/mol. The highest BCUT2D eigenvalue weighted by Crippen LogP contribution is 2.25. The highest BCUT2D eigenvalue weighted by atomic mass is 35.5. The van der Waals surface area contributed by atoms with Crippen LogP contribution in [0.3, 0.4) is 0 Å². The molecule has 0 aliphatic heterocycles. The molecule has 3 rings (SSSR count). The van der Waals surface area contributed by atoms with E-state index in [2.05, 4.69) is 31.7 Å². The lowest BCUT2D eigenvalue weighted by Gasteiger charge is -2.06. The van der Waals surface area contributed by atoms with E-state index in [1.54, 1.807) is 11.8 Å². The minimum atomic E-state index is 0.395. The van der Waals surface area contributed by atoms with Crippen molar-refractivity contribution in [2.24, 2.45) is 0 Å². The van der Waals surface area contributed by atoms with Crippen LogP contribution in [0.15, 0.2) is 41.8 Å². The molecule has 1 aromatic carbocycles. The Morgan fingerprint density at radius 1 is 1.21 bits per heavy atom. The van der Waals surface area contributed by atoms with Gasteiger partial charge in [0.2, 0.25) is 0 Å². The topological polar surface area (TPSA) is 43.6 Å². The molecule has 2 heterocycles. The van der Waals surface area contributed by atoms with Gasteiger partial charge in [-0.25, -0.2) is 15.0 Å². The summed E-state index contributed by atoms with van der Waals surface area (Å²) < 4.78 is 2.06.